The molecule has 254 valence electrons. The van der Waals surface area contributed by atoms with Crippen molar-refractivity contribution in [2.75, 3.05) is 0 Å². The van der Waals surface area contributed by atoms with E-state index in [1.807, 2.05) is 79.0 Å². The molecule has 0 aliphatic heterocycles. The predicted octanol–water partition coefficient (Wildman–Crippen LogP) is 12.0. The highest BCUT2D eigenvalue weighted by Crippen LogP contribution is 2.35. The molecule has 0 N–H and O–H groups in total. The van der Waals surface area contributed by atoms with Gasteiger partial charge >= 0.3 is 0 Å². The van der Waals surface area contributed by atoms with E-state index in [1.54, 1.807) is 6.20 Å². The lowest BCUT2D eigenvalue weighted by molar-refractivity contribution is 1.18. The Kier molecular flexibility index (Phi) is 8.86. The molecule has 0 atom stereocenters. The number of pyridine rings is 3. The van der Waals surface area contributed by atoms with Crippen LogP contribution >= 0.6 is 0 Å². The maximum Gasteiger partial charge on any atom is 0.160 e. The SMILES string of the molecule is c1ccc(-c2cc(-c3ccccn3)nc(-c3ccc(-c4ccccc4-c4ccc(-c5nc(-c6ccccc6)cc(-c6ccccc6)n5)cc4)cn3)c2)cc1. The molecule has 0 aliphatic carbocycles. The Labute approximate surface area is 314 Å². The van der Waals surface area contributed by atoms with Crippen LogP contribution in [0, 0.1) is 0 Å². The van der Waals surface area contributed by atoms with Crippen LogP contribution < -0.4 is 0 Å². The van der Waals surface area contributed by atoms with Gasteiger partial charge in [0.05, 0.1) is 34.2 Å². The van der Waals surface area contributed by atoms with E-state index in [9.17, 15) is 0 Å². The Bertz CT molecular complexity index is 2360. The molecule has 0 saturated carbocycles. The third kappa shape index (κ3) is 6.82. The lowest BCUT2D eigenvalue weighted by Gasteiger charge is -2.13. The normalized spacial score (nSPS) is 11.0. The lowest BCUT2D eigenvalue weighted by atomic mass is 9.94. The van der Waals surface area contributed by atoms with Crippen LogP contribution in [0.4, 0.5) is 0 Å². The van der Waals surface area contributed by atoms with Crippen molar-refractivity contribution in [3.8, 4) is 90.1 Å². The highest BCUT2D eigenvalue weighted by molar-refractivity contribution is 5.85. The number of benzene rings is 5. The standard InChI is InChI=1S/C49H33N5/c1-4-14-34(15-5-1)40-30-47(43-22-12-13-29-50-43)52-48(31-40)44-28-27-39(33-51-44)42-21-11-10-20-41(42)35-23-25-38(26-24-35)49-53-45(36-16-6-2-7-17-36)32-46(54-49)37-18-8-3-9-19-37/h1-33H. The predicted molar refractivity (Wildman–Crippen MR) is 219 cm³/mol. The van der Waals surface area contributed by atoms with Crippen LogP contribution in [0.3, 0.4) is 0 Å². The average molecular weight is 692 g/mol. The second-order valence-electron chi connectivity index (χ2n) is 13.0. The number of aromatic nitrogens is 5. The summed E-state index contributed by atoms with van der Waals surface area (Å²) in [5, 5.41) is 0. The maximum absolute atomic E-state index is 5.02. The molecule has 0 spiro atoms. The summed E-state index contributed by atoms with van der Waals surface area (Å²) in [6.45, 7) is 0. The first kappa shape index (κ1) is 32.5. The van der Waals surface area contributed by atoms with Crippen LogP contribution in [0.2, 0.25) is 0 Å². The Morgan fingerprint density at radius 3 is 1.31 bits per heavy atom. The summed E-state index contributed by atoms with van der Waals surface area (Å²) in [6.07, 6.45) is 3.73. The lowest BCUT2D eigenvalue weighted by Crippen LogP contribution is -1.96. The molecule has 9 rings (SSSR count). The van der Waals surface area contributed by atoms with Gasteiger partial charge in [0.1, 0.15) is 0 Å². The van der Waals surface area contributed by atoms with Crippen LogP contribution in [0.1, 0.15) is 0 Å². The van der Waals surface area contributed by atoms with Gasteiger partial charge in [0, 0.05) is 34.6 Å². The van der Waals surface area contributed by atoms with Gasteiger partial charge < -0.3 is 0 Å². The molecule has 0 fully saturated rings. The quantitative estimate of drug-likeness (QED) is 0.159. The van der Waals surface area contributed by atoms with Crippen molar-refractivity contribution in [3.63, 3.8) is 0 Å². The van der Waals surface area contributed by atoms with E-state index >= 15 is 0 Å². The molecule has 54 heavy (non-hydrogen) atoms. The molecule has 9 aromatic rings. The van der Waals surface area contributed by atoms with Crippen molar-refractivity contribution in [3.05, 3.63) is 200 Å². The summed E-state index contributed by atoms with van der Waals surface area (Å²) in [5.41, 5.74) is 14.6. The van der Waals surface area contributed by atoms with Crippen molar-refractivity contribution < 1.29 is 0 Å². The first-order valence-electron chi connectivity index (χ1n) is 17.9. The summed E-state index contributed by atoms with van der Waals surface area (Å²) in [5.74, 6) is 0.686. The van der Waals surface area contributed by atoms with Crippen molar-refractivity contribution >= 4 is 0 Å². The third-order valence-electron chi connectivity index (χ3n) is 9.44. The Balaban J connectivity index is 1.04. The summed E-state index contributed by atoms with van der Waals surface area (Å²) in [4.78, 5) is 24.6. The van der Waals surface area contributed by atoms with E-state index < -0.39 is 0 Å². The number of nitrogens with zero attached hydrogens (tertiary/aromatic N) is 5. The van der Waals surface area contributed by atoms with Crippen LogP contribution in [0.25, 0.3) is 90.1 Å². The van der Waals surface area contributed by atoms with Gasteiger partial charge in [-0.15, -0.1) is 0 Å². The third-order valence-corrected chi connectivity index (χ3v) is 9.44. The Morgan fingerprint density at radius 2 is 0.759 bits per heavy atom. The Hall–Kier alpha value is -7.37. The molecule has 0 aliphatic rings. The molecule has 5 nitrogen and oxygen atoms in total. The van der Waals surface area contributed by atoms with Crippen molar-refractivity contribution in [2.45, 2.75) is 0 Å². The second kappa shape index (κ2) is 14.7. The highest BCUT2D eigenvalue weighted by Gasteiger charge is 2.14. The molecule has 0 bridgehead atoms. The van der Waals surface area contributed by atoms with Gasteiger partial charge in [-0.25, -0.2) is 15.0 Å². The largest absolute Gasteiger partial charge is 0.255 e. The minimum atomic E-state index is 0.686. The summed E-state index contributed by atoms with van der Waals surface area (Å²) < 4.78 is 0. The zero-order valence-corrected chi connectivity index (χ0v) is 29.3. The van der Waals surface area contributed by atoms with E-state index in [0.717, 1.165) is 84.2 Å². The van der Waals surface area contributed by atoms with Crippen molar-refractivity contribution in [1.29, 1.82) is 0 Å². The smallest absolute Gasteiger partial charge is 0.160 e. The minimum Gasteiger partial charge on any atom is -0.255 e. The molecule has 0 saturated heterocycles. The van der Waals surface area contributed by atoms with Gasteiger partial charge in [0.25, 0.3) is 0 Å². The van der Waals surface area contributed by atoms with Gasteiger partial charge in [-0.1, -0.05) is 152 Å². The average Bonchev–Trinajstić information content (AvgIpc) is 3.27. The molecule has 4 heterocycles. The molecule has 0 amide bonds. The van der Waals surface area contributed by atoms with Crippen LogP contribution in [-0.4, -0.2) is 24.9 Å². The van der Waals surface area contributed by atoms with Crippen molar-refractivity contribution in [1.82, 2.24) is 24.9 Å². The molecular weight excluding hydrogens is 659 g/mol. The van der Waals surface area contributed by atoms with Gasteiger partial charge in [0.2, 0.25) is 0 Å². The van der Waals surface area contributed by atoms with Crippen LogP contribution in [0.5, 0.6) is 0 Å². The zero-order chi connectivity index (χ0) is 36.1. The number of hydrogen-bond donors (Lipinski definition) is 0. The highest BCUT2D eigenvalue weighted by atomic mass is 14.9. The fourth-order valence-corrected chi connectivity index (χ4v) is 6.68. The maximum atomic E-state index is 5.02. The van der Waals surface area contributed by atoms with E-state index in [0.29, 0.717) is 5.82 Å². The molecule has 5 aromatic carbocycles. The fourth-order valence-electron chi connectivity index (χ4n) is 6.68. The molecule has 4 aromatic heterocycles. The van der Waals surface area contributed by atoms with Crippen molar-refractivity contribution in [2.24, 2.45) is 0 Å². The molecule has 5 heteroatoms. The molecule has 0 unspecified atom stereocenters. The monoisotopic (exact) mass is 691 g/mol. The minimum absolute atomic E-state index is 0.686. The zero-order valence-electron chi connectivity index (χ0n) is 29.3. The van der Waals surface area contributed by atoms with Gasteiger partial charge in [-0.3, -0.25) is 9.97 Å². The first-order chi connectivity index (χ1) is 26.7. The van der Waals surface area contributed by atoms with Crippen LogP contribution in [0.15, 0.2) is 200 Å². The second-order valence-corrected chi connectivity index (χ2v) is 13.0. The summed E-state index contributed by atoms with van der Waals surface area (Å²) >= 11 is 0. The van der Waals surface area contributed by atoms with E-state index in [2.05, 4.69) is 120 Å². The Morgan fingerprint density at radius 1 is 0.259 bits per heavy atom. The fraction of sp³-hybridized carbons (Fsp3) is 0. The number of rotatable bonds is 8. The van der Waals surface area contributed by atoms with Crippen LogP contribution in [-0.2, 0) is 0 Å². The summed E-state index contributed by atoms with van der Waals surface area (Å²) in [6, 6.07) is 64.1. The van der Waals surface area contributed by atoms with E-state index in [1.165, 1.54) is 0 Å². The first-order valence-corrected chi connectivity index (χ1v) is 17.9. The summed E-state index contributed by atoms with van der Waals surface area (Å²) in [7, 11) is 0. The topological polar surface area (TPSA) is 64.5 Å². The molecular formula is C49H33N5. The number of hydrogen-bond acceptors (Lipinski definition) is 5. The van der Waals surface area contributed by atoms with Gasteiger partial charge in [-0.2, -0.15) is 0 Å². The molecule has 0 radical (unpaired) electrons. The van der Waals surface area contributed by atoms with E-state index in [-0.39, 0.29) is 0 Å². The van der Waals surface area contributed by atoms with E-state index in [4.69, 9.17) is 19.9 Å². The van der Waals surface area contributed by atoms with Gasteiger partial charge in [0.15, 0.2) is 5.82 Å². The van der Waals surface area contributed by atoms with Gasteiger partial charge in [-0.05, 0) is 64.2 Å².